The summed E-state index contributed by atoms with van der Waals surface area (Å²) in [4.78, 5) is 6.28. The lowest BCUT2D eigenvalue weighted by Crippen LogP contribution is -2.14. The van der Waals surface area contributed by atoms with Gasteiger partial charge in [-0.3, -0.25) is 0 Å². The first-order valence-electron chi connectivity index (χ1n) is 7.23. The third-order valence-corrected chi connectivity index (χ3v) is 4.10. The molecule has 0 spiro atoms. The lowest BCUT2D eigenvalue weighted by atomic mass is 10.1. The van der Waals surface area contributed by atoms with Gasteiger partial charge < -0.3 is 5.32 Å². The molecule has 1 heterocycles. The summed E-state index contributed by atoms with van der Waals surface area (Å²) in [5.74, 6) is 1.30. The smallest absolute Gasteiger partial charge is 0.0931 e. The van der Waals surface area contributed by atoms with Gasteiger partial charge in [0.05, 0.1) is 10.7 Å². The number of aromatic nitrogens is 1. The van der Waals surface area contributed by atoms with Crippen LogP contribution in [-0.4, -0.2) is 11.5 Å². The van der Waals surface area contributed by atoms with Crippen LogP contribution in [0.3, 0.4) is 0 Å². The van der Waals surface area contributed by atoms with Crippen molar-refractivity contribution in [1.29, 1.82) is 0 Å². The molecule has 0 saturated carbocycles. The second-order valence-electron chi connectivity index (χ2n) is 5.68. The minimum Gasteiger partial charge on any atom is -0.312 e. The first-order chi connectivity index (χ1) is 8.54. The Kier molecular flexibility index (Phi) is 6.87. The summed E-state index contributed by atoms with van der Waals surface area (Å²) in [6.45, 7) is 13.3. The van der Waals surface area contributed by atoms with Crippen molar-refractivity contribution in [2.75, 3.05) is 6.54 Å². The summed E-state index contributed by atoms with van der Waals surface area (Å²) in [6.07, 6.45) is 3.57. The van der Waals surface area contributed by atoms with Gasteiger partial charge in [0, 0.05) is 11.4 Å². The molecule has 0 aliphatic heterocycles. The van der Waals surface area contributed by atoms with Crippen LogP contribution in [0.2, 0.25) is 0 Å². The lowest BCUT2D eigenvalue weighted by Gasteiger charge is -2.05. The van der Waals surface area contributed by atoms with Gasteiger partial charge in [0.25, 0.3) is 0 Å². The van der Waals surface area contributed by atoms with Crippen LogP contribution in [-0.2, 0) is 13.0 Å². The Bertz CT molecular complexity index is 342. The molecular weight excluding hydrogens is 240 g/mol. The number of aryl methyl sites for hydroxylation is 1. The van der Waals surface area contributed by atoms with Crippen LogP contribution in [0.15, 0.2) is 0 Å². The van der Waals surface area contributed by atoms with Crippen LogP contribution in [0.1, 0.15) is 69.0 Å². The van der Waals surface area contributed by atoms with Gasteiger partial charge in [0.15, 0.2) is 0 Å². The van der Waals surface area contributed by atoms with E-state index in [-0.39, 0.29) is 0 Å². The Hall–Kier alpha value is -0.410. The maximum absolute atomic E-state index is 4.84. The molecule has 104 valence electrons. The van der Waals surface area contributed by atoms with Gasteiger partial charge in [-0.25, -0.2) is 4.98 Å². The van der Waals surface area contributed by atoms with Gasteiger partial charge in [-0.15, -0.1) is 11.3 Å². The predicted octanol–water partition coefficient (Wildman–Crippen LogP) is 4.35. The fourth-order valence-corrected chi connectivity index (χ4v) is 3.10. The zero-order valence-electron chi connectivity index (χ0n) is 12.5. The largest absolute Gasteiger partial charge is 0.312 e. The Balaban J connectivity index is 2.67. The molecule has 1 aromatic rings. The molecule has 0 bridgehead atoms. The Morgan fingerprint density at radius 3 is 2.50 bits per heavy atom. The highest BCUT2D eigenvalue weighted by Crippen LogP contribution is 2.26. The van der Waals surface area contributed by atoms with Crippen molar-refractivity contribution in [3.05, 3.63) is 15.6 Å². The van der Waals surface area contributed by atoms with Crippen LogP contribution in [0.4, 0.5) is 0 Å². The fourth-order valence-electron chi connectivity index (χ4n) is 1.89. The number of nitrogens with zero attached hydrogens (tertiary/aromatic N) is 1. The minimum atomic E-state index is 0.535. The third kappa shape index (κ3) is 5.07. The molecule has 3 heteroatoms. The van der Waals surface area contributed by atoms with Crippen molar-refractivity contribution in [3.63, 3.8) is 0 Å². The Morgan fingerprint density at radius 1 is 1.22 bits per heavy atom. The highest BCUT2D eigenvalue weighted by atomic mass is 32.1. The SMILES string of the molecule is CCCNCc1sc(CCC(C)C)nc1C(C)C. The van der Waals surface area contributed by atoms with E-state index in [1.54, 1.807) is 0 Å². The molecule has 0 saturated heterocycles. The highest BCUT2D eigenvalue weighted by Gasteiger charge is 2.13. The molecule has 1 N–H and O–H groups in total. The van der Waals surface area contributed by atoms with E-state index in [0.29, 0.717) is 5.92 Å². The second-order valence-corrected chi connectivity index (χ2v) is 6.85. The zero-order chi connectivity index (χ0) is 13.5. The Labute approximate surface area is 116 Å². The molecule has 0 unspecified atom stereocenters. The molecule has 1 aromatic heterocycles. The van der Waals surface area contributed by atoms with E-state index in [4.69, 9.17) is 4.98 Å². The first kappa shape index (κ1) is 15.6. The average Bonchev–Trinajstić information content (AvgIpc) is 2.70. The third-order valence-electron chi connectivity index (χ3n) is 2.97. The standard InChI is InChI=1S/C15H28N2S/c1-6-9-16-10-13-15(12(4)5)17-14(18-13)8-7-11(2)3/h11-12,16H,6-10H2,1-5H3. The van der Waals surface area contributed by atoms with Crippen molar-refractivity contribution in [1.82, 2.24) is 10.3 Å². The molecular formula is C15H28N2S. The van der Waals surface area contributed by atoms with E-state index in [1.807, 2.05) is 11.3 Å². The number of nitrogens with one attached hydrogen (secondary N) is 1. The van der Waals surface area contributed by atoms with Crippen molar-refractivity contribution in [2.45, 2.75) is 66.3 Å². The summed E-state index contributed by atoms with van der Waals surface area (Å²) in [7, 11) is 0. The minimum absolute atomic E-state index is 0.535. The van der Waals surface area contributed by atoms with Crippen molar-refractivity contribution >= 4 is 11.3 Å². The predicted molar refractivity (Wildman–Crippen MR) is 81.4 cm³/mol. The first-order valence-corrected chi connectivity index (χ1v) is 8.05. The fraction of sp³-hybridized carbons (Fsp3) is 0.800. The topological polar surface area (TPSA) is 24.9 Å². The quantitative estimate of drug-likeness (QED) is 0.709. The summed E-state index contributed by atoms with van der Waals surface area (Å²) < 4.78 is 0. The van der Waals surface area contributed by atoms with Gasteiger partial charge in [-0.1, -0.05) is 34.6 Å². The van der Waals surface area contributed by atoms with Gasteiger partial charge in [-0.05, 0) is 37.6 Å². The van der Waals surface area contributed by atoms with E-state index in [0.717, 1.165) is 25.4 Å². The van der Waals surface area contributed by atoms with E-state index in [2.05, 4.69) is 39.9 Å². The highest BCUT2D eigenvalue weighted by molar-refractivity contribution is 7.11. The maximum Gasteiger partial charge on any atom is 0.0931 e. The molecule has 0 aliphatic rings. The Morgan fingerprint density at radius 2 is 1.94 bits per heavy atom. The number of rotatable bonds is 8. The van der Waals surface area contributed by atoms with Crippen LogP contribution in [0.25, 0.3) is 0 Å². The normalized spacial score (nSPS) is 11.7. The second kappa shape index (κ2) is 7.90. The van der Waals surface area contributed by atoms with Gasteiger partial charge >= 0.3 is 0 Å². The number of hydrogen-bond donors (Lipinski definition) is 1. The number of thiazole rings is 1. The maximum atomic E-state index is 4.84. The van der Waals surface area contributed by atoms with Crippen molar-refractivity contribution in [3.8, 4) is 0 Å². The van der Waals surface area contributed by atoms with E-state index in [9.17, 15) is 0 Å². The molecule has 0 radical (unpaired) electrons. The van der Waals surface area contributed by atoms with E-state index in [1.165, 1.54) is 28.4 Å². The average molecular weight is 268 g/mol. The summed E-state index contributed by atoms with van der Waals surface area (Å²) >= 11 is 1.91. The summed E-state index contributed by atoms with van der Waals surface area (Å²) in [5, 5.41) is 4.82. The molecule has 18 heavy (non-hydrogen) atoms. The van der Waals surface area contributed by atoms with Crippen LogP contribution >= 0.6 is 11.3 Å². The van der Waals surface area contributed by atoms with Crippen LogP contribution < -0.4 is 5.32 Å². The lowest BCUT2D eigenvalue weighted by molar-refractivity contribution is 0.584. The molecule has 0 amide bonds. The molecule has 0 atom stereocenters. The molecule has 0 fully saturated rings. The van der Waals surface area contributed by atoms with Crippen LogP contribution in [0.5, 0.6) is 0 Å². The molecule has 2 nitrogen and oxygen atoms in total. The molecule has 0 aromatic carbocycles. The van der Waals surface area contributed by atoms with Crippen molar-refractivity contribution in [2.24, 2.45) is 5.92 Å². The van der Waals surface area contributed by atoms with E-state index >= 15 is 0 Å². The van der Waals surface area contributed by atoms with Gasteiger partial charge in [0.1, 0.15) is 0 Å². The van der Waals surface area contributed by atoms with Gasteiger partial charge in [0.2, 0.25) is 0 Å². The molecule has 0 aliphatic carbocycles. The van der Waals surface area contributed by atoms with Crippen molar-refractivity contribution < 1.29 is 0 Å². The molecule has 1 rings (SSSR count). The number of hydrogen-bond acceptors (Lipinski definition) is 3. The monoisotopic (exact) mass is 268 g/mol. The van der Waals surface area contributed by atoms with Gasteiger partial charge in [-0.2, -0.15) is 0 Å². The van der Waals surface area contributed by atoms with E-state index < -0.39 is 0 Å². The summed E-state index contributed by atoms with van der Waals surface area (Å²) in [6, 6.07) is 0. The summed E-state index contributed by atoms with van der Waals surface area (Å²) in [5.41, 5.74) is 1.31. The van der Waals surface area contributed by atoms with Crippen LogP contribution in [0, 0.1) is 5.92 Å². The zero-order valence-corrected chi connectivity index (χ0v) is 13.4.